The Bertz CT molecular complexity index is 931. The first-order chi connectivity index (χ1) is 13.1. The zero-order valence-corrected chi connectivity index (χ0v) is 16.0. The molecule has 0 bridgehead atoms. The summed E-state index contributed by atoms with van der Waals surface area (Å²) in [5.74, 6) is 0.631. The standard InChI is InChI=1S/C22H25N3O2/c1-16-10-11-17(2)18(13-16)15-25-12-6-7-19(25)14-23-22(26)24-20-8-4-5-9-21(20)27-3/h4-13H,14-15H2,1-3H3,(H2,23,24,26). The lowest BCUT2D eigenvalue weighted by atomic mass is 10.1. The van der Waals surface area contributed by atoms with Gasteiger partial charge in [0.15, 0.2) is 0 Å². The summed E-state index contributed by atoms with van der Waals surface area (Å²) in [6, 6.07) is 17.6. The smallest absolute Gasteiger partial charge is 0.319 e. The molecule has 1 heterocycles. The summed E-state index contributed by atoms with van der Waals surface area (Å²) in [5.41, 5.74) is 5.49. The fourth-order valence-corrected chi connectivity index (χ4v) is 3.00. The fourth-order valence-electron chi connectivity index (χ4n) is 3.00. The van der Waals surface area contributed by atoms with Crippen LogP contribution in [-0.2, 0) is 13.1 Å². The molecule has 0 fully saturated rings. The van der Waals surface area contributed by atoms with Gasteiger partial charge in [0.2, 0.25) is 0 Å². The van der Waals surface area contributed by atoms with Crippen LogP contribution in [0.4, 0.5) is 10.5 Å². The summed E-state index contributed by atoms with van der Waals surface area (Å²) < 4.78 is 7.41. The van der Waals surface area contributed by atoms with Crippen LogP contribution in [0.3, 0.4) is 0 Å². The number of hydrogen-bond acceptors (Lipinski definition) is 2. The SMILES string of the molecule is COc1ccccc1NC(=O)NCc1cccn1Cc1cc(C)ccc1C. The molecule has 3 rings (SSSR count). The van der Waals surface area contributed by atoms with Crippen LogP contribution in [0, 0.1) is 13.8 Å². The number of hydrogen-bond donors (Lipinski definition) is 2. The Hall–Kier alpha value is -3.21. The average Bonchev–Trinajstić information content (AvgIpc) is 3.10. The van der Waals surface area contributed by atoms with Crippen molar-refractivity contribution in [2.45, 2.75) is 26.9 Å². The van der Waals surface area contributed by atoms with Gasteiger partial charge in [0.25, 0.3) is 0 Å². The van der Waals surface area contributed by atoms with Crippen molar-refractivity contribution in [3.63, 3.8) is 0 Å². The Balaban J connectivity index is 1.63. The molecule has 0 atom stereocenters. The number of methoxy groups -OCH3 is 1. The van der Waals surface area contributed by atoms with Crippen LogP contribution in [0.15, 0.2) is 60.8 Å². The highest BCUT2D eigenvalue weighted by Gasteiger charge is 2.09. The third-order valence-electron chi connectivity index (χ3n) is 4.55. The molecule has 0 saturated heterocycles. The van der Waals surface area contributed by atoms with E-state index in [1.807, 2.05) is 42.6 Å². The first kappa shape index (κ1) is 18.6. The number of aryl methyl sites for hydroxylation is 2. The fraction of sp³-hybridized carbons (Fsp3) is 0.227. The quantitative estimate of drug-likeness (QED) is 0.678. The van der Waals surface area contributed by atoms with Crippen LogP contribution in [0.2, 0.25) is 0 Å². The van der Waals surface area contributed by atoms with Crippen LogP contribution in [0.5, 0.6) is 5.75 Å². The predicted molar refractivity (Wildman–Crippen MR) is 108 cm³/mol. The highest BCUT2D eigenvalue weighted by Crippen LogP contribution is 2.22. The molecule has 0 aliphatic heterocycles. The number of aromatic nitrogens is 1. The molecule has 0 aliphatic carbocycles. The van der Waals surface area contributed by atoms with Gasteiger partial charge in [-0.15, -0.1) is 0 Å². The van der Waals surface area contributed by atoms with Gasteiger partial charge in [-0.05, 0) is 49.2 Å². The van der Waals surface area contributed by atoms with Crippen molar-refractivity contribution in [3.8, 4) is 5.75 Å². The third kappa shape index (κ3) is 4.70. The molecule has 0 saturated carbocycles. The predicted octanol–water partition coefficient (Wildman–Crippen LogP) is 4.48. The molecule has 5 nitrogen and oxygen atoms in total. The van der Waals surface area contributed by atoms with Gasteiger partial charge in [-0.25, -0.2) is 4.79 Å². The van der Waals surface area contributed by atoms with Crippen molar-refractivity contribution in [2.75, 3.05) is 12.4 Å². The van der Waals surface area contributed by atoms with Gasteiger partial charge < -0.3 is 19.9 Å². The Morgan fingerprint density at radius 1 is 1.07 bits per heavy atom. The largest absolute Gasteiger partial charge is 0.495 e. The number of nitrogens with one attached hydrogen (secondary N) is 2. The summed E-state index contributed by atoms with van der Waals surface area (Å²) in [6.07, 6.45) is 2.04. The summed E-state index contributed by atoms with van der Waals surface area (Å²) in [6.45, 7) is 5.45. The number of anilines is 1. The summed E-state index contributed by atoms with van der Waals surface area (Å²) >= 11 is 0. The Kier molecular flexibility index (Phi) is 5.81. The van der Waals surface area contributed by atoms with Gasteiger partial charge in [-0.2, -0.15) is 0 Å². The molecule has 5 heteroatoms. The molecule has 3 aromatic rings. The Morgan fingerprint density at radius 2 is 1.89 bits per heavy atom. The molecule has 0 spiro atoms. The van der Waals surface area contributed by atoms with Crippen LogP contribution in [0.1, 0.15) is 22.4 Å². The number of rotatable bonds is 6. The Labute approximate surface area is 160 Å². The minimum absolute atomic E-state index is 0.265. The molecule has 2 N–H and O–H groups in total. The second kappa shape index (κ2) is 8.45. The van der Waals surface area contributed by atoms with E-state index in [1.54, 1.807) is 7.11 Å². The van der Waals surface area contributed by atoms with Crippen LogP contribution in [-0.4, -0.2) is 17.7 Å². The highest BCUT2D eigenvalue weighted by atomic mass is 16.5. The van der Waals surface area contributed by atoms with Gasteiger partial charge in [0.05, 0.1) is 19.3 Å². The van der Waals surface area contributed by atoms with E-state index >= 15 is 0 Å². The average molecular weight is 363 g/mol. The maximum Gasteiger partial charge on any atom is 0.319 e. The number of nitrogens with zero attached hydrogens (tertiary/aromatic N) is 1. The Morgan fingerprint density at radius 3 is 2.70 bits per heavy atom. The van der Waals surface area contributed by atoms with Gasteiger partial charge in [0, 0.05) is 18.4 Å². The summed E-state index contributed by atoms with van der Waals surface area (Å²) in [7, 11) is 1.58. The minimum Gasteiger partial charge on any atom is -0.495 e. The number of amides is 2. The van der Waals surface area contributed by atoms with E-state index in [-0.39, 0.29) is 6.03 Å². The number of carbonyl (C=O) groups is 1. The number of para-hydroxylation sites is 2. The second-order valence-corrected chi connectivity index (χ2v) is 6.57. The van der Waals surface area contributed by atoms with E-state index in [4.69, 9.17) is 4.74 Å². The van der Waals surface area contributed by atoms with E-state index in [0.717, 1.165) is 12.2 Å². The lowest BCUT2D eigenvalue weighted by molar-refractivity contribution is 0.251. The number of benzene rings is 2. The van der Waals surface area contributed by atoms with Crippen molar-refractivity contribution in [2.24, 2.45) is 0 Å². The van der Waals surface area contributed by atoms with E-state index in [2.05, 4.69) is 47.2 Å². The third-order valence-corrected chi connectivity index (χ3v) is 4.55. The summed E-state index contributed by atoms with van der Waals surface area (Å²) in [5, 5.41) is 5.74. The molecule has 0 radical (unpaired) electrons. The number of carbonyl (C=O) groups excluding carboxylic acids is 1. The molecule has 140 valence electrons. The highest BCUT2D eigenvalue weighted by molar-refractivity contribution is 5.90. The lowest BCUT2D eigenvalue weighted by Gasteiger charge is -2.14. The molecule has 2 amide bonds. The maximum absolute atomic E-state index is 12.3. The van der Waals surface area contributed by atoms with Crippen LogP contribution < -0.4 is 15.4 Å². The van der Waals surface area contributed by atoms with Crippen molar-refractivity contribution in [1.29, 1.82) is 0 Å². The van der Waals surface area contributed by atoms with Gasteiger partial charge in [-0.3, -0.25) is 0 Å². The molecule has 0 aliphatic rings. The molecular weight excluding hydrogens is 338 g/mol. The van der Waals surface area contributed by atoms with Crippen molar-refractivity contribution >= 4 is 11.7 Å². The first-order valence-electron chi connectivity index (χ1n) is 8.95. The molecule has 2 aromatic carbocycles. The van der Waals surface area contributed by atoms with E-state index in [1.165, 1.54) is 16.7 Å². The van der Waals surface area contributed by atoms with Crippen molar-refractivity contribution in [1.82, 2.24) is 9.88 Å². The summed E-state index contributed by atoms with van der Waals surface area (Å²) in [4.78, 5) is 12.3. The second-order valence-electron chi connectivity index (χ2n) is 6.57. The van der Waals surface area contributed by atoms with Crippen molar-refractivity contribution < 1.29 is 9.53 Å². The van der Waals surface area contributed by atoms with Gasteiger partial charge in [0.1, 0.15) is 5.75 Å². The van der Waals surface area contributed by atoms with Gasteiger partial charge >= 0.3 is 6.03 Å². The number of ether oxygens (including phenoxy) is 1. The lowest BCUT2D eigenvalue weighted by Crippen LogP contribution is -2.29. The minimum atomic E-state index is -0.265. The molecular formula is C22H25N3O2. The van der Waals surface area contributed by atoms with E-state index < -0.39 is 0 Å². The van der Waals surface area contributed by atoms with Crippen LogP contribution >= 0.6 is 0 Å². The van der Waals surface area contributed by atoms with Gasteiger partial charge in [-0.1, -0.05) is 35.9 Å². The molecule has 27 heavy (non-hydrogen) atoms. The topological polar surface area (TPSA) is 55.3 Å². The zero-order valence-electron chi connectivity index (χ0n) is 16.0. The maximum atomic E-state index is 12.3. The van der Waals surface area contributed by atoms with Crippen molar-refractivity contribution in [3.05, 3.63) is 83.2 Å². The van der Waals surface area contributed by atoms with Crippen LogP contribution in [0.25, 0.3) is 0 Å². The zero-order chi connectivity index (χ0) is 19.2. The first-order valence-corrected chi connectivity index (χ1v) is 8.95. The normalized spacial score (nSPS) is 10.5. The molecule has 1 aromatic heterocycles. The molecule has 0 unspecified atom stereocenters. The number of urea groups is 1. The van der Waals surface area contributed by atoms with E-state index in [0.29, 0.717) is 18.0 Å². The van der Waals surface area contributed by atoms with E-state index in [9.17, 15) is 4.79 Å². The monoisotopic (exact) mass is 363 g/mol.